The number of hydrogen-bond donors (Lipinski definition) is 0. The Morgan fingerprint density at radius 2 is 1.14 bits per heavy atom. The maximum Gasteiger partial charge on any atom is 0.349 e. The van der Waals surface area contributed by atoms with Crippen molar-refractivity contribution in [1.29, 1.82) is 10.5 Å². The molecule has 1 atom stereocenters. The Morgan fingerprint density at radius 3 is 1.63 bits per heavy atom. The van der Waals surface area contributed by atoms with Crippen LogP contribution < -0.4 is 4.90 Å². The van der Waals surface area contributed by atoms with E-state index in [9.17, 15) is 29.7 Å². The fourth-order valence-corrected chi connectivity index (χ4v) is 7.70. The molecule has 0 saturated carbocycles. The fourth-order valence-electron chi connectivity index (χ4n) is 7.70. The summed E-state index contributed by atoms with van der Waals surface area (Å²) >= 11 is 0. The van der Waals surface area contributed by atoms with Crippen LogP contribution in [-0.2, 0) is 51.0 Å². The van der Waals surface area contributed by atoms with Crippen LogP contribution in [0.5, 0.6) is 0 Å². The smallest absolute Gasteiger partial charge is 0.349 e. The quantitative estimate of drug-likeness (QED) is 0.0205. The topological polar surface area (TPSA) is 159 Å². The number of carbonyl (C=O) groups is 4. The van der Waals surface area contributed by atoms with E-state index in [4.69, 9.17) is 18.9 Å². The molecule has 1 aliphatic rings. The van der Waals surface area contributed by atoms with Gasteiger partial charge in [-0.15, -0.1) is 0 Å². The maximum atomic E-state index is 12.8. The van der Waals surface area contributed by atoms with Crippen LogP contribution in [0.1, 0.15) is 95.8 Å². The highest BCUT2D eigenvalue weighted by molar-refractivity contribution is 5.98. The number of nitrogens with zero attached hydrogens (tertiary/aromatic N) is 4. The monoisotopic (exact) mass is 951 g/mol. The van der Waals surface area contributed by atoms with Crippen molar-refractivity contribution in [1.82, 2.24) is 4.90 Å². The normalized spacial score (nSPS) is 14.4. The molecule has 12 heteroatoms. The molecule has 70 heavy (non-hydrogen) atoms. The van der Waals surface area contributed by atoms with Gasteiger partial charge in [-0.1, -0.05) is 112 Å². The maximum absolute atomic E-state index is 12.8. The number of carbonyl (C=O) groups excluding carboxylic acids is 4. The fraction of sp³-hybridized carbons (Fsp3) is 0.414. The van der Waals surface area contributed by atoms with Gasteiger partial charge in [0, 0.05) is 48.6 Å². The van der Waals surface area contributed by atoms with Gasteiger partial charge < -0.3 is 28.7 Å². The number of hydrogen-bond acceptors (Lipinski definition) is 12. The van der Waals surface area contributed by atoms with E-state index < -0.39 is 23.3 Å². The third-order valence-electron chi connectivity index (χ3n) is 11.7. The first kappa shape index (κ1) is 55.4. The molecule has 0 aliphatic heterocycles. The third-order valence-corrected chi connectivity index (χ3v) is 11.7. The van der Waals surface area contributed by atoms with Crippen LogP contribution in [0.4, 0.5) is 5.69 Å². The van der Waals surface area contributed by atoms with E-state index in [1.165, 1.54) is 24.1 Å². The molecule has 0 N–H and O–H groups in total. The zero-order valence-electron chi connectivity index (χ0n) is 41.5. The van der Waals surface area contributed by atoms with Crippen molar-refractivity contribution < 1.29 is 38.1 Å². The van der Waals surface area contributed by atoms with E-state index in [0.717, 1.165) is 95.4 Å². The first-order valence-corrected chi connectivity index (χ1v) is 24.5. The number of ether oxygens (including phenoxy) is 4. The first-order valence-electron chi connectivity index (χ1n) is 24.5. The molecular formula is C58H70N4O8. The van der Waals surface area contributed by atoms with Crippen molar-refractivity contribution in [2.24, 2.45) is 11.3 Å². The second-order valence-electron chi connectivity index (χ2n) is 18.0. The molecule has 0 bridgehead atoms. The lowest BCUT2D eigenvalue weighted by Crippen LogP contribution is -2.28. The van der Waals surface area contributed by atoms with E-state index in [2.05, 4.69) is 83.1 Å². The number of benzene rings is 3. The van der Waals surface area contributed by atoms with Crippen LogP contribution >= 0.6 is 0 Å². The van der Waals surface area contributed by atoms with E-state index in [-0.39, 0.29) is 55.0 Å². The summed E-state index contributed by atoms with van der Waals surface area (Å²) < 4.78 is 20.5. The van der Waals surface area contributed by atoms with E-state index in [1.807, 2.05) is 55.5 Å². The largest absolute Gasteiger partial charge is 0.462 e. The van der Waals surface area contributed by atoms with E-state index >= 15 is 0 Å². The summed E-state index contributed by atoms with van der Waals surface area (Å²) in [6.07, 6.45) is 19.3. The molecule has 12 nitrogen and oxygen atoms in total. The molecular weight excluding hydrogens is 881 g/mol. The van der Waals surface area contributed by atoms with Crippen LogP contribution in [0.15, 0.2) is 138 Å². The second-order valence-corrected chi connectivity index (χ2v) is 18.0. The van der Waals surface area contributed by atoms with Crippen LogP contribution in [0, 0.1) is 34.0 Å². The Kier molecular flexibility index (Phi) is 24.0. The number of allylic oxidation sites excluding steroid dienone is 4. The molecule has 0 saturated heterocycles. The van der Waals surface area contributed by atoms with Crippen molar-refractivity contribution in [3.8, 4) is 12.1 Å². The second kappa shape index (κ2) is 30.3. The number of rotatable bonds is 30. The SMILES string of the molecule is C=C(C)C(=O)OCCOC(=O)/C(C#N)=C/C1(C)C=CC(N(CCCCCN(CCCCc2ccccc2)c2ccc(/C=C(\C#N)C(=O)OCCOC(=O)C(C)C)cc2)CCCCc2ccccc2)=CC1. The highest BCUT2D eigenvalue weighted by Crippen LogP contribution is 2.33. The molecule has 4 rings (SSSR count). The third kappa shape index (κ3) is 20.2. The van der Waals surface area contributed by atoms with Crippen molar-refractivity contribution >= 4 is 35.6 Å². The van der Waals surface area contributed by atoms with Crippen LogP contribution in [0.25, 0.3) is 6.08 Å². The lowest BCUT2D eigenvalue weighted by molar-refractivity contribution is -0.152. The zero-order chi connectivity index (χ0) is 50.6. The number of esters is 4. The van der Waals surface area contributed by atoms with Gasteiger partial charge in [0.2, 0.25) is 0 Å². The lowest BCUT2D eigenvalue weighted by atomic mass is 9.81. The van der Waals surface area contributed by atoms with Gasteiger partial charge in [-0.3, -0.25) is 4.79 Å². The van der Waals surface area contributed by atoms with Crippen LogP contribution in [0.2, 0.25) is 0 Å². The van der Waals surface area contributed by atoms with Gasteiger partial charge in [-0.05, 0) is 118 Å². The molecule has 3 aromatic rings. The summed E-state index contributed by atoms with van der Waals surface area (Å²) in [5.74, 6) is -2.77. The summed E-state index contributed by atoms with van der Waals surface area (Å²) in [6.45, 7) is 13.5. The number of unbranched alkanes of at least 4 members (excludes halogenated alkanes) is 4. The van der Waals surface area contributed by atoms with Crippen molar-refractivity contribution in [3.05, 3.63) is 155 Å². The van der Waals surface area contributed by atoms with Gasteiger partial charge in [-0.25, -0.2) is 14.4 Å². The summed E-state index contributed by atoms with van der Waals surface area (Å²) in [5, 5.41) is 19.6. The van der Waals surface area contributed by atoms with Gasteiger partial charge in [0.15, 0.2) is 0 Å². The Labute approximate surface area is 415 Å². The standard InChI is InChI=1S/C58H70N4O8/c1-45(2)54(63)67-37-39-69-56(65)50(43-59)41-49-25-27-52(28-26-49)61(35-17-13-23-47-19-9-6-10-20-47)33-15-8-16-34-62(36-18-14-24-48-21-11-7-12-22-48)53-29-31-58(5,32-30-53)42-51(44-60)57(66)70-40-38-68-55(64)46(3)4/h6-7,9-12,19-22,25-31,41-42,45H,3,8,13-18,23-24,32-40H2,1-2,4-5H3/b50-41+,51-42+. The molecule has 0 radical (unpaired) electrons. The zero-order valence-corrected chi connectivity index (χ0v) is 41.5. The van der Waals surface area contributed by atoms with Crippen molar-refractivity contribution in [3.63, 3.8) is 0 Å². The molecule has 0 heterocycles. The predicted molar refractivity (Wildman–Crippen MR) is 274 cm³/mol. The Morgan fingerprint density at radius 1 is 0.657 bits per heavy atom. The number of nitriles is 2. The van der Waals surface area contributed by atoms with Crippen molar-refractivity contribution in [2.45, 2.75) is 91.9 Å². The van der Waals surface area contributed by atoms with Crippen molar-refractivity contribution in [2.75, 3.05) is 57.5 Å². The lowest BCUT2D eigenvalue weighted by Gasteiger charge is -2.32. The summed E-state index contributed by atoms with van der Waals surface area (Å²) in [6, 6.07) is 32.9. The minimum Gasteiger partial charge on any atom is -0.462 e. The van der Waals surface area contributed by atoms with Gasteiger partial charge >= 0.3 is 23.9 Å². The van der Waals surface area contributed by atoms with E-state index in [0.29, 0.717) is 12.0 Å². The highest BCUT2D eigenvalue weighted by Gasteiger charge is 2.25. The summed E-state index contributed by atoms with van der Waals surface area (Å²) in [4.78, 5) is 53.7. The van der Waals surface area contributed by atoms with Gasteiger partial charge in [0.1, 0.15) is 49.7 Å². The van der Waals surface area contributed by atoms with Crippen LogP contribution in [-0.4, -0.2) is 81.4 Å². The highest BCUT2D eigenvalue weighted by atomic mass is 16.6. The molecule has 0 fully saturated rings. The minimum absolute atomic E-state index is 0.0756. The Bertz CT molecular complexity index is 2370. The molecule has 0 amide bonds. The number of aryl methyl sites for hydroxylation is 2. The van der Waals surface area contributed by atoms with Gasteiger partial charge in [-0.2, -0.15) is 10.5 Å². The molecule has 0 aromatic heterocycles. The summed E-state index contributed by atoms with van der Waals surface area (Å²) in [7, 11) is 0. The molecule has 1 unspecified atom stereocenters. The number of anilines is 1. The van der Waals surface area contributed by atoms with Gasteiger partial charge in [0.25, 0.3) is 0 Å². The van der Waals surface area contributed by atoms with Gasteiger partial charge in [0.05, 0.1) is 5.92 Å². The minimum atomic E-state index is -0.771. The molecule has 3 aromatic carbocycles. The molecule has 0 spiro atoms. The average molecular weight is 951 g/mol. The predicted octanol–water partition coefficient (Wildman–Crippen LogP) is 10.6. The molecule has 370 valence electrons. The summed E-state index contributed by atoms with van der Waals surface area (Å²) in [5.41, 5.74) is 4.97. The first-order chi connectivity index (χ1) is 33.8. The Hall–Kier alpha value is -7.18. The Balaban J connectivity index is 1.38. The van der Waals surface area contributed by atoms with Crippen LogP contribution in [0.3, 0.4) is 0 Å². The van der Waals surface area contributed by atoms with E-state index in [1.54, 1.807) is 19.9 Å². The molecule has 1 aliphatic carbocycles. The average Bonchev–Trinajstić information content (AvgIpc) is 3.37.